The number of ether oxygens (including phenoxy) is 1. The lowest BCUT2D eigenvalue weighted by Crippen LogP contribution is -2.26. The van der Waals surface area contributed by atoms with Crippen LogP contribution in [0.25, 0.3) is 0 Å². The van der Waals surface area contributed by atoms with E-state index in [0.29, 0.717) is 11.8 Å². The molecular formula is C15H20F3NO. The van der Waals surface area contributed by atoms with Gasteiger partial charge in [-0.3, -0.25) is 0 Å². The van der Waals surface area contributed by atoms with Crippen molar-refractivity contribution >= 4 is 0 Å². The molecule has 0 fully saturated rings. The molecule has 0 aromatic heterocycles. The van der Waals surface area contributed by atoms with Crippen molar-refractivity contribution in [1.82, 2.24) is 5.32 Å². The van der Waals surface area contributed by atoms with Gasteiger partial charge in [-0.15, -0.1) is 0 Å². The van der Waals surface area contributed by atoms with E-state index in [1.54, 1.807) is 12.1 Å². The van der Waals surface area contributed by atoms with Gasteiger partial charge in [0.2, 0.25) is 0 Å². The van der Waals surface area contributed by atoms with Crippen molar-refractivity contribution < 1.29 is 17.9 Å². The molecule has 0 saturated carbocycles. The van der Waals surface area contributed by atoms with E-state index in [-0.39, 0.29) is 0 Å². The average molecular weight is 287 g/mol. The van der Waals surface area contributed by atoms with Crippen LogP contribution in [0.4, 0.5) is 13.2 Å². The summed E-state index contributed by atoms with van der Waals surface area (Å²) in [6, 6.07) is 5.60. The third kappa shape index (κ3) is 4.13. The molecule has 1 aromatic carbocycles. The largest absolute Gasteiger partial charge is 0.484 e. The van der Waals surface area contributed by atoms with E-state index in [2.05, 4.69) is 12.2 Å². The predicted molar refractivity (Wildman–Crippen MR) is 72.0 cm³/mol. The van der Waals surface area contributed by atoms with Crippen LogP contribution in [0.2, 0.25) is 0 Å². The highest BCUT2D eigenvalue weighted by molar-refractivity contribution is 5.39. The molecule has 0 heterocycles. The molecular weight excluding hydrogens is 267 g/mol. The van der Waals surface area contributed by atoms with Crippen LogP contribution >= 0.6 is 0 Å². The van der Waals surface area contributed by atoms with Crippen LogP contribution in [0.15, 0.2) is 18.2 Å². The van der Waals surface area contributed by atoms with Crippen LogP contribution in [-0.4, -0.2) is 19.3 Å². The average Bonchev–Trinajstić information content (AvgIpc) is 2.41. The Labute approximate surface area is 117 Å². The number of alkyl halides is 3. The molecule has 0 radical (unpaired) electrons. The Bertz CT molecular complexity index is 445. The molecule has 20 heavy (non-hydrogen) atoms. The maximum absolute atomic E-state index is 12.1. The van der Waals surface area contributed by atoms with Gasteiger partial charge in [-0.2, -0.15) is 13.2 Å². The second kappa shape index (κ2) is 6.48. The Kier molecular flexibility index (Phi) is 4.91. The summed E-state index contributed by atoms with van der Waals surface area (Å²) in [6.07, 6.45) is -0.185. The summed E-state index contributed by atoms with van der Waals surface area (Å²) in [5.41, 5.74) is 2.30. The highest BCUT2D eigenvalue weighted by Gasteiger charge is 2.28. The zero-order chi connectivity index (χ0) is 14.6. The minimum absolute atomic E-state index is 0.303. The second-order valence-corrected chi connectivity index (χ2v) is 5.16. The smallest absolute Gasteiger partial charge is 0.422 e. The number of halogens is 3. The molecule has 5 heteroatoms. The summed E-state index contributed by atoms with van der Waals surface area (Å²) >= 11 is 0. The van der Waals surface area contributed by atoms with Crippen molar-refractivity contribution in [2.45, 2.75) is 44.8 Å². The lowest BCUT2D eigenvalue weighted by Gasteiger charge is -2.27. The first-order valence-corrected chi connectivity index (χ1v) is 7.05. The SMILES string of the molecule is CCCNC1CCCc2cc(OCC(F)(F)F)ccc21. The third-order valence-electron chi connectivity index (χ3n) is 3.47. The number of rotatable bonds is 5. The molecule has 2 rings (SSSR count). The Morgan fingerprint density at radius 3 is 2.85 bits per heavy atom. The van der Waals surface area contributed by atoms with E-state index < -0.39 is 12.8 Å². The lowest BCUT2D eigenvalue weighted by molar-refractivity contribution is -0.153. The number of aryl methyl sites for hydroxylation is 1. The zero-order valence-corrected chi connectivity index (χ0v) is 11.6. The highest BCUT2D eigenvalue weighted by Crippen LogP contribution is 2.32. The van der Waals surface area contributed by atoms with Crippen LogP contribution < -0.4 is 10.1 Å². The van der Waals surface area contributed by atoms with Crippen molar-refractivity contribution in [2.75, 3.05) is 13.2 Å². The van der Waals surface area contributed by atoms with Gasteiger partial charge in [0.15, 0.2) is 6.61 Å². The quantitative estimate of drug-likeness (QED) is 0.883. The molecule has 1 atom stereocenters. The summed E-state index contributed by atoms with van der Waals surface area (Å²) in [4.78, 5) is 0. The lowest BCUT2D eigenvalue weighted by atomic mass is 9.87. The normalized spacial score (nSPS) is 18.7. The highest BCUT2D eigenvalue weighted by atomic mass is 19.4. The van der Waals surface area contributed by atoms with Gasteiger partial charge in [-0.1, -0.05) is 13.0 Å². The van der Waals surface area contributed by atoms with Crippen molar-refractivity contribution in [3.05, 3.63) is 29.3 Å². The van der Waals surface area contributed by atoms with Crippen molar-refractivity contribution in [3.8, 4) is 5.75 Å². The standard InChI is InChI=1S/C15H20F3NO/c1-2-8-19-14-5-3-4-11-9-12(6-7-13(11)14)20-10-15(16,17)18/h6-7,9,14,19H,2-5,8,10H2,1H3. The minimum Gasteiger partial charge on any atom is -0.484 e. The summed E-state index contributed by atoms with van der Waals surface area (Å²) in [6.45, 7) is 1.84. The van der Waals surface area contributed by atoms with Gasteiger partial charge in [0.05, 0.1) is 0 Å². The van der Waals surface area contributed by atoms with Gasteiger partial charge in [0.1, 0.15) is 5.75 Å². The van der Waals surface area contributed by atoms with E-state index in [1.807, 2.05) is 6.07 Å². The van der Waals surface area contributed by atoms with Crippen molar-refractivity contribution in [3.63, 3.8) is 0 Å². The fourth-order valence-corrected chi connectivity index (χ4v) is 2.58. The Morgan fingerprint density at radius 2 is 2.15 bits per heavy atom. The van der Waals surface area contributed by atoms with Crippen LogP contribution in [0.1, 0.15) is 43.4 Å². The molecule has 2 nitrogen and oxygen atoms in total. The van der Waals surface area contributed by atoms with Crippen LogP contribution in [-0.2, 0) is 6.42 Å². The molecule has 1 aliphatic carbocycles. The van der Waals surface area contributed by atoms with E-state index in [9.17, 15) is 13.2 Å². The number of benzene rings is 1. The molecule has 112 valence electrons. The van der Waals surface area contributed by atoms with E-state index in [0.717, 1.165) is 37.8 Å². The number of nitrogens with one attached hydrogen (secondary N) is 1. The molecule has 1 unspecified atom stereocenters. The molecule has 0 bridgehead atoms. The number of fused-ring (bicyclic) bond motifs is 1. The van der Waals surface area contributed by atoms with Gasteiger partial charge in [0, 0.05) is 6.04 Å². The van der Waals surface area contributed by atoms with Gasteiger partial charge in [0.25, 0.3) is 0 Å². The summed E-state index contributed by atoms with van der Waals surface area (Å²) in [5, 5.41) is 3.48. The summed E-state index contributed by atoms with van der Waals surface area (Å²) in [5.74, 6) is 0.303. The first-order valence-electron chi connectivity index (χ1n) is 7.05. The number of hydrogen-bond acceptors (Lipinski definition) is 2. The molecule has 0 spiro atoms. The first kappa shape index (κ1) is 15.2. The summed E-state index contributed by atoms with van der Waals surface area (Å²) < 4.78 is 41.2. The van der Waals surface area contributed by atoms with E-state index in [4.69, 9.17) is 4.74 Å². The first-order chi connectivity index (χ1) is 9.49. The Balaban J connectivity index is 2.07. The topological polar surface area (TPSA) is 21.3 Å². The van der Waals surface area contributed by atoms with E-state index >= 15 is 0 Å². The van der Waals surface area contributed by atoms with E-state index in [1.165, 1.54) is 5.56 Å². The van der Waals surface area contributed by atoms with Crippen molar-refractivity contribution in [2.24, 2.45) is 0 Å². The van der Waals surface area contributed by atoms with Gasteiger partial charge in [-0.25, -0.2) is 0 Å². The van der Waals surface area contributed by atoms with Crippen molar-refractivity contribution in [1.29, 1.82) is 0 Å². The number of hydrogen-bond donors (Lipinski definition) is 1. The molecule has 1 aliphatic rings. The monoisotopic (exact) mass is 287 g/mol. The van der Waals surface area contributed by atoms with Crippen LogP contribution in [0.5, 0.6) is 5.75 Å². The Hall–Kier alpha value is -1.23. The molecule has 0 aliphatic heterocycles. The molecule has 1 aromatic rings. The molecule has 1 N–H and O–H groups in total. The molecule has 0 amide bonds. The maximum atomic E-state index is 12.1. The molecule has 0 saturated heterocycles. The van der Waals surface area contributed by atoms with Gasteiger partial charge >= 0.3 is 6.18 Å². The third-order valence-corrected chi connectivity index (χ3v) is 3.47. The maximum Gasteiger partial charge on any atom is 0.422 e. The Morgan fingerprint density at radius 1 is 1.35 bits per heavy atom. The fraction of sp³-hybridized carbons (Fsp3) is 0.600. The van der Waals surface area contributed by atoms with Gasteiger partial charge < -0.3 is 10.1 Å². The summed E-state index contributed by atoms with van der Waals surface area (Å²) in [7, 11) is 0. The zero-order valence-electron chi connectivity index (χ0n) is 11.6. The van der Waals surface area contributed by atoms with Gasteiger partial charge in [-0.05, 0) is 55.5 Å². The second-order valence-electron chi connectivity index (χ2n) is 5.16. The predicted octanol–water partition coefficient (Wildman–Crippen LogP) is 4.00. The van der Waals surface area contributed by atoms with Crippen LogP contribution in [0.3, 0.4) is 0 Å². The van der Waals surface area contributed by atoms with Crippen LogP contribution in [0, 0.1) is 0 Å². The fourth-order valence-electron chi connectivity index (χ4n) is 2.58. The minimum atomic E-state index is -4.29.